The summed E-state index contributed by atoms with van der Waals surface area (Å²) in [5.41, 5.74) is 0. The summed E-state index contributed by atoms with van der Waals surface area (Å²) in [7, 11) is 0. The third-order valence-electron chi connectivity index (χ3n) is 3.45. The van der Waals surface area contributed by atoms with Gasteiger partial charge < -0.3 is 5.32 Å². The van der Waals surface area contributed by atoms with E-state index in [2.05, 4.69) is 33.0 Å². The SMILES string of the molecule is CCCCCCCCC(CNCC)CC(C)C. The second kappa shape index (κ2) is 12.4. The average molecular weight is 241 g/mol. The van der Waals surface area contributed by atoms with Crippen molar-refractivity contribution in [1.82, 2.24) is 5.32 Å². The molecule has 0 amide bonds. The normalized spacial score (nSPS) is 13.2. The highest BCUT2D eigenvalue weighted by atomic mass is 14.8. The van der Waals surface area contributed by atoms with Crippen molar-refractivity contribution in [1.29, 1.82) is 0 Å². The molecule has 0 heterocycles. The van der Waals surface area contributed by atoms with Crippen LogP contribution < -0.4 is 5.32 Å². The lowest BCUT2D eigenvalue weighted by atomic mass is 9.91. The second-order valence-electron chi connectivity index (χ2n) is 5.86. The molecule has 1 heteroatoms. The highest BCUT2D eigenvalue weighted by molar-refractivity contribution is 4.64. The van der Waals surface area contributed by atoms with Crippen LogP contribution in [0.15, 0.2) is 0 Å². The molecule has 0 saturated carbocycles. The van der Waals surface area contributed by atoms with Crippen LogP contribution in [0.3, 0.4) is 0 Å². The molecule has 1 atom stereocenters. The number of nitrogens with one attached hydrogen (secondary N) is 1. The summed E-state index contributed by atoms with van der Waals surface area (Å²) < 4.78 is 0. The van der Waals surface area contributed by atoms with Crippen molar-refractivity contribution in [2.75, 3.05) is 13.1 Å². The van der Waals surface area contributed by atoms with E-state index in [-0.39, 0.29) is 0 Å². The van der Waals surface area contributed by atoms with E-state index < -0.39 is 0 Å². The fourth-order valence-electron chi connectivity index (χ4n) is 2.53. The molecule has 0 bridgehead atoms. The van der Waals surface area contributed by atoms with Gasteiger partial charge in [0.25, 0.3) is 0 Å². The molecule has 0 fully saturated rings. The van der Waals surface area contributed by atoms with Crippen LogP contribution in [0.25, 0.3) is 0 Å². The molecule has 0 radical (unpaired) electrons. The molecule has 1 nitrogen and oxygen atoms in total. The summed E-state index contributed by atoms with van der Waals surface area (Å²) >= 11 is 0. The van der Waals surface area contributed by atoms with Gasteiger partial charge in [0.15, 0.2) is 0 Å². The van der Waals surface area contributed by atoms with Crippen molar-refractivity contribution in [2.24, 2.45) is 11.8 Å². The van der Waals surface area contributed by atoms with Crippen LogP contribution in [0.5, 0.6) is 0 Å². The van der Waals surface area contributed by atoms with Crippen molar-refractivity contribution >= 4 is 0 Å². The quantitative estimate of drug-likeness (QED) is 0.474. The van der Waals surface area contributed by atoms with Crippen molar-refractivity contribution in [3.8, 4) is 0 Å². The Morgan fingerprint density at radius 3 is 2.12 bits per heavy atom. The maximum absolute atomic E-state index is 3.51. The molecule has 0 saturated heterocycles. The summed E-state index contributed by atoms with van der Waals surface area (Å²) in [6, 6.07) is 0. The standard InChI is InChI=1S/C16H35N/c1-5-7-8-9-10-11-12-16(13-15(3)4)14-17-6-2/h15-17H,5-14H2,1-4H3. The molecule has 104 valence electrons. The van der Waals surface area contributed by atoms with Gasteiger partial charge in [0.05, 0.1) is 0 Å². The summed E-state index contributed by atoms with van der Waals surface area (Å²) in [5.74, 6) is 1.75. The minimum absolute atomic E-state index is 0.846. The zero-order valence-corrected chi connectivity index (χ0v) is 12.7. The Kier molecular flexibility index (Phi) is 12.4. The molecule has 0 aliphatic rings. The molecule has 0 aromatic carbocycles. The summed E-state index contributed by atoms with van der Waals surface area (Å²) in [6.07, 6.45) is 11.4. The number of rotatable bonds is 12. The number of unbranched alkanes of at least 4 members (excludes halogenated alkanes) is 5. The van der Waals surface area contributed by atoms with E-state index in [1.807, 2.05) is 0 Å². The third kappa shape index (κ3) is 12.2. The molecule has 1 N–H and O–H groups in total. The van der Waals surface area contributed by atoms with Gasteiger partial charge >= 0.3 is 0 Å². The summed E-state index contributed by atoms with van der Waals surface area (Å²) in [4.78, 5) is 0. The first-order chi connectivity index (χ1) is 8.20. The predicted molar refractivity (Wildman–Crippen MR) is 79.5 cm³/mol. The molecule has 0 rings (SSSR count). The van der Waals surface area contributed by atoms with Crippen LogP contribution in [0.4, 0.5) is 0 Å². The zero-order chi connectivity index (χ0) is 12.9. The highest BCUT2D eigenvalue weighted by Gasteiger charge is 2.09. The molecule has 0 aliphatic heterocycles. The van der Waals surface area contributed by atoms with Crippen molar-refractivity contribution in [2.45, 2.75) is 79.1 Å². The zero-order valence-electron chi connectivity index (χ0n) is 12.7. The van der Waals surface area contributed by atoms with E-state index in [9.17, 15) is 0 Å². The smallest absolute Gasteiger partial charge is 0.00205 e. The fraction of sp³-hybridized carbons (Fsp3) is 1.00. The Morgan fingerprint density at radius 2 is 1.53 bits per heavy atom. The highest BCUT2D eigenvalue weighted by Crippen LogP contribution is 2.18. The van der Waals surface area contributed by atoms with Crippen molar-refractivity contribution in [3.63, 3.8) is 0 Å². The second-order valence-corrected chi connectivity index (χ2v) is 5.86. The molecule has 17 heavy (non-hydrogen) atoms. The number of hydrogen-bond donors (Lipinski definition) is 1. The lowest BCUT2D eigenvalue weighted by molar-refractivity contribution is 0.356. The predicted octanol–water partition coefficient (Wildman–Crippen LogP) is 5.01. The van der Waals surface area contributed by atoms with E-state index in [4.69, 9.17) is 0 Å². The van der Waals surface area contributed by atoms with Gasteiger partial charge in [-0.3, -0.25) is 0 Å². The van der Waals surface area contributed by atoms with Crippen molar-refractivity contribution in [3.05, 3.63) is 0 Å². The topological polar surface area (TPSA) is 12.0 Å². The monoisotopic (exact) mass is 241 g/mol. The van der Waals surface area contributed by atoms with Crippen molar-refractivity contribution < 1.29 is 0 Å². The fourth-order valence-corrected chi connectivity index (χ4v) is 2.53. The number of hydrogen-bond acceptors (Lipinski definition) is 1. The van der Waals surface area contributed by atoms with Gasteiger partial charge in [0.1, 0.15) is 0 Å². The molecule has 0 aromatic heterocycles. The summed E-state index contributed by atoms with van der Waals surface area (Å²) in [5, 5.41) is 3.51. The van der Waals surface area contributed by atoms with Gasteiger partial charge in [-0.25, -0.2) is 0 Å². The molecular formula is C16H35N. The Bertz CT molecular complexity index is 142. The van der Waals surface area contributed by atoms with Gasteiger partial charge in [-0.1, -0.05) is 66.2 Å². The first-order valence-electron chi connectivity index (χ1n) is 7.91. The average Bonchev–Trinajstić information content (AvgIpc) is 2.29. The van der Waals surface area contributed by atoms with Gasteiger partial charge in [-0.05, 0) is 37.8 Å². The molecule has 1 unspecified atom stereocenters. The Morgan fingerprint density at radius 1 is 0.882 bits per heavy atom. The van der Waals surface area contributed by atoms with Crippen LogP contribution in [0.1, 0.15) is 79.1 Å². The van der Waals surface area contributed by atoms with Crippen LogP contribution in [0, 0.1) is 11.8 Å². The Labute approximate surface area is 110 Å². The lowest BCUT2D eigenvalue weighted by Gasteiger charge is -2.19. The maximum atomic E-state index is 3.51. The third-order valence-corrected chi connectivity index (χ3v) is 3.45. The van der Waals surface area contributed by atoms with E-state index in [1.165, 1.54) is 57.9 Å². The molecule has 0 aliphatic carbocycles. The van der Waals surface area contributed by atoms with Crippen LogP contribution >= 0.6 is 0 Å². The van der Waals surface area contributed by atoms with E-state index in [0.717, 1.165) is 18.4 Å². The Hall–Kier alpha value is -0.0400. The summed E-state index contributed by atoms with van der Waals surface area (Å²) in [6.45, 7) is 11.5. The van der Waals surface area contributed by atoms with Gasteiger partial charge in [-0.2, -0.15) is 0 Å². The molecular weight excluding hydrogens is 206 g/mol. The van der Waals surface area contributed by atoms with Crippen LogP contribution in [0.2, 0.25) is 0 Å². The first kappa shape index (κ1) is 17.0. The lowest BCUT2D eigenvalue weighted by Crippen LogP contribution is -2.23. The largest absolute Gasteiger partial charge is 0.317 e. The minimum Gasteiger partial charge on any atom is -0.317 e. The maximum Gasteiger partial charge on any atom is -0.00205 e. The van der Waals surface area contributed by atoms with Crippen LogP contribution in [-0.4, -0.2) is 13.1 Å². The minimum atomic E-state index is 0.846. The van der Waals surface area contributed by atoms with Gasteiger partial charge in [-0.15, -0.1) is 0 Å². The Balaban J connectivity index is 3.53. The van der Waals surface area contributed by atoms with E-state index in [1.54, 1.807) is 0 Å². The van der Waals surface area contributed by atoms with Gasteiger partial charge in [0, 0.05) is 0 Å². The molecule has 0 spiro atoms. The van der Waals surface area contributed by atoms with E-state index >= 15 is 0 Å². The van der Waals surface area contributed by atoms with Gasteiger partial charge in [0.2, 0.25) is 0 Å². The van der Waals surface area contributed by atoms with Crippen LogP contribution in [-0.2, 0) is 0 Å². The first-order valence-corrected chi connectivity index (χ1v) is 7.91. The van der Waals surface area contributed by atoms with E-state index in [0.29, 0.717) is 0 Å². The molecule has 0 aromatic rings.